The standard InChI is InChI=1S/C17H13ClFN7O3.ClH/c18-10-4-14(19)17(22-7-10)29-12-1-2-13(9(3-12)6-20)16-23-25-26(24-16)8-11(21)5-15(27)28;/h1-4,7,11H,5,8,21H2,(H,27,28);1H/t11-;/m0./s1. The molecule has 0 fully saturated rings. The summed E-state index contributed by atoms with van der Waals surface area (Å²) < 4.78 is 19.2. The zero-order valence-electron chi connectivity index (χ0n) is 15.1. The fraction of sp³-hybridized carbons (Fsp3) is 0.176. The van der Waals surface area contributed by atoms with E-state index in [2.05, 4.69) is 20.4 Å². The quantitative estimate of drug-likeness (QED) is 0.548. The molecule has 0 bridgehead atoms. The van der Waals surface area contributed by atoms with Gasteiger partial charge in [0.05, 0.1) is 23.6 Å². The second kappa shape index (κ2) is 9.93. The molecule has 2 heterocycles. The van der Waals surface area contributed by atoms with E-state index in [-0.39, 0.29) is 53.4 Å². The zero-order valence-corrected chi connectivity index (χ0v) is 16.6. The highest BCUT2D eigenvalue weighted by molar-refractivity contribution is 6.30. The van der Waals surface area contributed by atoms with Crippen LogP contribution in [0.4, 0.5) is 4.39 Å². The van der Waals surface area contributed by atoms with Gasteiger partial charge in [-0.05, 0) is 29.5 Å². The topological polar surface area (TPSA) is 153 Å². The van der Waals surface area contributed by atoms with E-state index in [0.717, 1.165) is 10.9 Å². The van der Waals surface area contributed by atoms with Crippen molar-refractivity contribution in [2.24, 2.45) is 5.73 Å². The molecule has 0 aliphatic heterocycles. The molecule has 1 atom stereocenters. The highest BCUT2D eigenvalue weighted by Gasteiger charge is 2.16. The molecular weight excluding hydrogens is 440 g/mol. The summed E-state index contributed by atoms with van der Waals surface area (Å²) in [6, 6.07) is 6.73. The molecule has 13 heteroatoms. The van der Waals surface area contributed by atoms with Crippen LogP contribution in [0.2, 0.25) is 5.02 Å². The minimum atomic E-state index is -1.04. The highest BCUT2D eigenvalue weighted by atomic mass is 35.5. The Kier molecular flexibility index (Phi) is 7.60. The average Bonchev–Trinajstić information content (AvgIpc) is 3.11. The number of carbonyl (C=O) groups is 1. The Labute approximate surface area is 180 Å². The molecule has 1 aromatic carbocycles. The van der Waals surface area contributed by atoms with Crippen molar-refractivity contribution in [3.8, 4) is 29.1 Å². The molecule has 0 spiro atoms. The van der Waals surface area contributed by atoms with E-state index in [0.29, 0.717) is 5.56 Å². The van der Waals surface area contributed by atoms with Gasteiger partial charge in [0.25, 0.3) is 5.88 Å². The number of hydrogen-bond acceptors (Lipinski definition) is 8. The van der Waals surface area contributed by atoms with Crippen LogP contribution in [0.3, 0.4) is 0 Å². The molecule has 0 amide bonds. The molecule has 3 rings (SSSR count). The summed E-state index contributed by atoms with van der Waals surface area (Å²) in [6.07, 6.45) is 0.985. The van der Waals surface area contributed by atoms with E-state index in [9.17, 15) is 14.4 Å². The van der Waals surface area contributed by atoms with Crippen LogP contribution >= 0.6 is 24.0 Å². The molecule has 0 aliphatic rings. The number of hydrogen-bond donors (Lipinski definition) is 2. The summed E-state index contributed by atoms with van der Waals surface area (Å²) >= 11 is 5.65. The van der Waals surface area contributed by atoms with Crippen molar-refractivity contribution >= 4 is 30.0 Å². The van der Waals surface area contributed by atoms with Gasteiger partial charge >= 0.3 is 5.97 Å². The van der Waals surface area contributed by atoms with E-state index in [1.165, 1.54) is 24.4 Å². The molecule has 10 nitrogen and oxygen atoms in total. The molecule has 156 valence electrons. The maximum absolute atomic E-state index is 13.8. The lowest BCUT2D eigenvalue weighted by molar-refractivity contribution is -0.137. The Hall–Kier alpha value is -3.33. The number of tetrazole rings is 1. The van der Waals surface area contributed by atoms with Crippen LogP contribution in [0.25, 0.3) is 11.4 Å². The number of halogens is 3. The van der Waals surface area contributed by atoms with Gasteiger partial charge in [0.15, 0.2) is 5.82 Å². The van der Waals surface area contributed by atoms with Gasteiger partial charge in [-0.3, -0.25) is 4.79 Å². The number of pyridine rings is 1. The lowest BCUT2D eigenvalue weighted by Gasteiger charge is -2.08. The van der Waals surface area contributed by atoms with Gasteiger partial charge in [-0.1, -0.05) is 11.6 Å². The van der Waals surface area contributed by atoms with Gasteiger partial charge in [-0.2, -0.15) is 10.1 Å². The zero-order chi connectivity index (χ0) is 21.0. The van der Waals surface area contributed by atoms with E-state index in [1.54, 1.807) is 0 Å². The number of aliphatic carboxylic acids is 1. The van der Waals surface area contributed by atoms with Gasteiger partial charge in [0.1, 0.15) is 11.8 Å². The van der Waals surface area contributed by atoms with Crippen LogP contribution in [-0.2, 0) is 11.3 Å². The first-order valence-corrected chi connectivity index (χ1v) is 8.52. The average molecular weight is 454 g/mol. The van der Waals surface area contributed by atoms with Gasteiger partial charge in [-0.25, -0.2) is 9.37 Å². The largest absolute Gasteiger partial charge is 0.481 e. The molecule has 3 N–H and O–H groups in total. The van der Waals surface area contributed by atoms with Crippen LogP contribution in [0.5, 0.6) is 11.6 Å². The van der Waals surface area contributed by atoms with Crippen molar-refractivity contribution in [1.82, 2.24) is 25.2 Å². The smallest absolute Gasteiger partial charge is 0.304 e. The number of carboxylic acids is 1. The minimum Gasteiger partial charge on any atom is -0.481 e. The van der Waals surface area contributed by atoms with Crippen molar-refractivity contribution < 1.29 is 19.0 Å². The van der Waals surface area contributed by atoms with Crippen molar-refractivity contribution in [2.45, 2.75) is 19.0 Å². The van der Waals surface area contributed by atoms with Gasteiger partial charge in [0.2, 0.25) is 5.82 Å². The molecule has 0 saturated heterocycles. The van der Waals surface area contributed by atoms with E-state index < -0.39 is 17.8 Å². The van der Waals surface area contributed by atoms with Crippen molar-refractivity contribution in [3.63, 3.8) is 0 Å². The highest BCUT2D eigenvalue weighted by Crippen LogP contribution is 2.28. The number of nitriles is 1. The van der Waals surface area contributed by atoms with Crippen LogP contribution in [0, 0.1) is 17.1 Å². The predicted octanol–water partition coefficient (Wildman–Crippen LogP) is 2.42. The first-order valence-electron chi connectivity index (χ1n) is 8.14. The minimum absolute atomic E-state index is 0. The Balaban J connectivity index is 0.00000320. The number of rotatable bonds is 7. The Morgan fingerprint density at radius 2 is 2.20 bits per heavy atom. The molecule has 0 radical (unpaired) electrons. The first kappa shape index (κ1) is 23.0. The number of nitrogens with zero attached hydrogens (tertiary/aromatic N) is 6. The third kappa shape index (κ3) is 5.60. The Morgan fingerprint density at radius 3 is 2.87 bits per heavy atom. The fourth-order valence-electron chi connectivity index (χ4n) is 2.39. The maximum Gasteiger partial charge on any atom is 0.304 e. The second-order valence-electron chi connectivity index (χ2n) is 5.89. The summed E-state index contributed by atoms with van der Waals surface area (Å²) in [5.41, 5.74) is 6.22. The number of aromatic nitrogens is 5. The summed E-state index contributed by atoms with van der Waals surface area (Å²) in [6.45, 7) is 0.0455. The van der Waals surface area contributed by atoms with E-state index in [1.807, 2.05) is 6.07 Å². The molecule has 0 aliphatic carbocycles. The molecule has 2 aromatic heterocycles. The fourth-order valence-corrected chi connectivity index (χ4v) is 2.53. The normalized spacial score (nSPS) is 11.3. The summed E-state index contributed by atoms with van der Waals surface area (Å²) in [4.78, 5) is 15.6. The predicted molar refractivity (Wildman–Crippen MR) is 105 cm³/mol. The van der Waals surface area contributed by atoms with Crippen LogP contribution in [-0.4, -0.2) is 42.3 Å². The summed E-state index contributed by atoms with van der Waals surface area (Å²) in [5, 5.41) is 30.1. The number of ether oxygens (including phenoxy) is 1. The third-order valence-electron chi connectivity index (χ3n) is 3.63. The maximum atomic E-state index is 13.8. The monoisotopic (exact) mass is 453 g/mol. The van der Waals surface area contributed by atoms with Crippen LogP contribution < -0.4 is 10.5 Å². The van der Waals surface area contributed by atoms with Gasteiger partial charge < -0.3 is 15.6 Å². The number of benzene rings is 1. The molecular formula is C17H14Cl2FN7O3. The van der Waals surface area contributed by atoms with Crippen molar-refractivity contribution in [3.05, 3.63) is 46.9 Å². The Bertz CT molecular complexity index is 1100. The van der Waals surface area contributed by atoms with Gasteiger partial charge in [-0.15, -0.1) is 22.6 Å². The SMILES string of the molecule is Cl.N#Cc1cc(Oc2ncc(Cl)cc2F)ccc1-c1nnn(C[C@@H](N)CC(=O)O)n1. The first-order chi connectivity index (χ1) is 13.9. The summed E-state index contributed by atoms with van der Waals surface area (Å²) in [5.74, 6) is -1.75. The Morgan fingerprint density at radius 1 is 1.43 bits per heavy atom. The lowest BCUT2D eigenvalue weighted by Crippen LogP contribution is -2.30. The van der Waals surface area contributed by atoms with Crippen LogP contribution in [0.1, 0.15) is 12.0 Å². The lowest BCUT2D eigenvalue weighted by atomic mass is 10.1. The molecule has 30 heavy (non-hydrogen) atoms. The van der Waals surface area contributed by atoms with E-state index in [4.69, 9.17) is 27.2 Å². The van der Waals surface area contributed by atoms with Crippen molar-refractivity contribution in [1.29, 1.82) is 5.26 Å². The van der Waals surface area contributed by atoms with Crippen molar-refractivity contribution in [2.75, 3.05) is 0 Å². The van der Waals surface area contributed by atoms with Gasteiger partial charge in [0, 0.05) is 17.8 Å². The third-order valence-corrected chi connectivity index (χ3v) is 3.84. The number of nitrogens with two attached hydrogens (primary N) is 1. The second-order valence-corrected chi connectivity index (χ2v) is 6.32. The molecule has 0 saturated carbocycles. The molecule has 0 unspecified atom stereocenters. The van der Waals surface area contributed by atoms with E-state index >= 15 is 0 Å². The molecule has 3 aromatic rings. The van der Waals surface area contributed by atoms with Crippen LogP contribution in [0.15, 0.2) is 30.5 Å². The number of carboxylic acid groups (broad SMARTS) is 1. The summed E-state index contributed by atoms with van der Waals surface area (Å²) in [7, 11) is 0.